The van der Waals surface area contributed by atoms with Crippen LogP contribution in [0.15, 0.2) is 133 Å². The molecule has 4 nitrogen and oxygen atoms in total. The molecule has 0 aliphatic carbocycles. The first-order chi connectivity index (χ1) is 18.5. The van der Waals surface area contributed by atoms with Gasteiger partial charge in [0.25, 0.3) is 0 Å². The highest BCUT2D eigenvalue weighted by Gasteiger charge is 2.37. The SMILES string of the molecule is Cc1cccc(OP(Oc2cccc(C)c2)Oc2ccccc2C(O)(c2ccccc2)c2ccccc2)c1. The van der Waals surface area contributed by atoms with E-state index in [0.717, 1.165) is 22.3 Å². The van der Waals surface area contributed by atoms with E-state index in [4.69, 9.17) is 13.6 Å². The molecule has 0 spiro atoms. The van der Waals surface area contributed by atoms with Crippen molar-refractivity contribution in [1.82, 2.24) is 0 Å². The molecule has 0 amide bonds. The molecule has 1 N–H and O–H groups in total. The summed E-state index contributed by atoms with van der Waals surface area (Å²) < 4.78 is 19.0. The zero-order valence-electron chi connectivity index (χ0n) is 21.3. The Morgan fingerprint density at radius 2 is 1.00 bits per heavy atom. The van der Waals surface area contributed by atoms with Crippen molar-refractivity contribution < 1.29 is 18.7 Å². The molecule has 0 aromatic heterocycles. The van der Waals surface area contributed by atoms with E-state index < -0.39 is 14.2 Å². The zero-order chi connectivity index (χ0) is 26.4. The predicted molar refractivity (Wildman–Crippen MR) is 153 cm³/mol. The van der Waals surface area contributed by atoms with E-state index in [9.17, 15) is 5.11 Å². The van der Waals surface area contributed by atoms with Gasteiger partial charge in [-0.3, -0.25) is 0 Å². The van der Waals surface area contributed by atoms with Gasteiger partial charge in [0.15, 0.2) is 0 Å². The molecule has 0 aliphatic rings. The van der Waals surface area contributed by atoms with Crippen molar-refractivity contribution in [2.24, 2.45) is 0 Å². The molecule has 0 saturated heterocycles. The first-order valence-electron chi connectivity index (χ1n) is 12.4. The summed E-state index contributed by atoms with van der Waals surface area (Å²) in [6.07, 6.45) is 0. The third-order valence-corrected chi connectivity index (χ3v) is 7.24. The van der Waals surface area contributed by atoms with Gasteiger partial charge in [-0.1, -0.05) is 103 Å². The van der Waals surface area contributed by atoms with E-state index in [2.05, 4.69) is 0 Å². The van der Waals surface area contributed by atoms with Crippen LogP contribution in [-0.4, -0.2) is 5.11 Å². The van der Waals surface area contributed by atoms with Gasteiger partial charge in [0.2, 0.25) is 0 Å². The normalized spacial score (nSPS) is 11.3. The molecule has 5 aromatic rings. The average Bonchev–Trinajstić information content (AvgIpc) is 2.94. The summed E-state index contributed by atoms with van der Waals surface area (Å²) in [6, 6.07) is 42.2. The van der Waals surface area contributed by atoms with Crippen molar-refractivity contribution in [3.63, 3.8) is 0 Å². The summed E-state index contributed by atoms with van der Waals surface area (Å²) in [5, 5.41) is 12.4. The third-order valence-electron chi connectivity index (χ3n) is 6.17. The lowest BCUT2D eigenvalue weighted by Gasteiger charge is -2.32. The van der Waals surface area contributed by atoms with Crippen molar-refractivity contribution in [2.75, 3.05) is 0 Å². The minimum absolute atomic E-state index is 0.467. The number of para-hydroxylation sites is 1. The molecule has 5 aromatic carbocycles. The van der Waals surface area contributed by atoms with Crippen molar-refractivity contribution >= 4 is 8.60 Å². The molecule has 0 heterocycles. The lowest BCUT2D eigenvalue weighted by molar-refractivity contribution is 0.123. The van der Waals surface area contributed by atoms with E-state index in [-0.39, 0.29) is 0 Å². The van der Waals surface area contributed by atoms with Gasteiger partial charge in [-0.2, -0.15) is 0 Å². The molecule has 0 unspecified atom stereocenters. The molecular weight excluding hydrogens is 491 g/mol. The monoisotopic (exact) mass is 520 g/mol. The van der Waals surface area contributed by atoms with Gasteiger partial charge in [-0.15, -0.1) is 0 Å². The molecule has 0 atom stereocenters. The zero-order valence-corrected chi connectivity index (χ0v) is 22.2. The summed E-state index contributed by atoms with van der Waals surface area (Å²) >= 11 is 0. The fraction of sp³-hybridized carbons (Fsp3) is 0.0909. The summed E-state index contributed by atoms with van der Waals surface area (Å²) in [6.45, 7) is 4.01. The van der Waals surface area contributed by atoms with Crippen LogP contribution in [-0.2, 0) is 5.60 Å². The van der Waals surface area contributed by atoms with Crippen LogP contribution in [0.1, 0.15) is 27.8 Å². The standard InChI is InChI=1S/C33H29O4P/c1-25-13-11-19-29(23-25)35-38(36-30-20-12-14-26(2)24-30)37-32-22-10-9-21-31(32)33(34,27-15-5-3-6-16-27)28-17-7-4-8-18-28/h3-24,34H,1-2H3. The Bertz CT molecular complexity index is 1400. The molecule has 0 radical (unpaired) electrons. The van der Waals surface area contributed by atoms with E-state index >= 15 is 0 Å². The quantitative estimate of drug-likeness (QED) is 0.157. The maximum Gasteiger partial charge on any atom is 0.530 e. The topological polar surface area (TPSA) is 47.9 Å². The number of rotatable bonds is 9. The Morgan fingerprint density at radius 1 is 0.526 bits per heavy atom. The number of aryl methyl sites for hydroxylation is 2. The number of hydrogen-bond donors (Lipinski definition) is 1. The molecule has 38 heavy (non-hydrogen) atoms. The Kier molecular flexibility index (Phi) is 7.74. The molecule has 0 bridgehead atoms. The first-order valence-corrected chi connectivity index (χ1v) is 13.5. The van der Waals surface area contributed by atoms with Crippen LogP contribution in [0.25, 0.3) is 0 Å². The van der Waals surface area contributed by atoms with E-state index in [1.54, 1.807) is 0 Å². The maximum absolute atomic E-state index is 12.4. The molecule has 0 saturated carbocycles. The second-order valence-electron chi connectivity index (χ2n) is 9.07. The van der Waals surface area contributed by atoms with Crippen LogP contribution in [0, 0.1) is 13.8 Å². The highest BCUT2D eigenvalue weighted by molar-refractivity contribution is 7.43. The van der Waals surface area contributed by atoms with E-state index in [1.807, 2.05) is 147 Å². The second kappa shape index (κ2) is 11.5. The van der Waals surface area contributed by atoms with Gasteiger partial charge in [0.05, 0.1) is 0 Å². The van der Waals surface area contributed by atoms with Gasteiger partial charge in [0, 0.05) is 5.56 Å². The van der Waals surface area contributed by atoms with Gasteiger partial charge >= 0.3 is 8.60 Å². The summed E-state index contributed by atoms with van der Waals surface area (Å²) in [5.41, 5.74) is 2.71. The van der Waals surface area contributed by atoms with Crippen LogP contribution < -0.4 is 13.6 Å². The highest BCUT2D eigenvalue weighted by atomic mass is 31.2. The fourth-order valence-corrected chi connectivity index (χ4v) is 5.34. The molecule has 5 heteroatoms. The second-order valence-corrected chi connectivity index (χ2v) is 10.1. The Hall–Kier alpha value is -4.11. The predicted octanol–water partition coefficient (Wildman–Crippen LogP) is 8.35. The van der Waals surface area contributed by atoms with Crippen LogP contribution in [0.4, 0.5) is 0 Å². The lowest BCUT2D eigenvalue weighted by Crippen LogP contribution is -2.29. The molecule has 0 aliphatic heterocycles. The average molecular weight is 521 g/mol. The Labute approximate surface area is 225 Å². The molecule has 5 rings (SSSR count). The number of hydrogen-bond acceptors (Lipinski definition) is 4. The largest absolute Gasteiger partial charge is 0.530 e. The smallest absolute Gasteiger partial charge is 0.408 e. The minimum Gasteiger partial charge on any atom is -0.408 e. The Morgan fingerprint density at radius 3 is 1.50 bits per heavy atom. The van der Waals surface area contributed by atoms with E-state index in [0.29, 0.717) is 22.8 Å². The van der Waals surface area contributed by atoms with Crippen LogP contribution in [0.2, 0.25) is 0 Å². The van der Waals surface area contributed by atoms with E-state index in [1.165, 1.54) is 0 Å². The third kappa shape index (κ3) is 5.73. The minimum atomic E-state index is -1.93. The number of benzene rings is 5. The van der Waals surface area contributed by atoms with Crippen molar-refractivity contribution in [1.29, 1.82) is 0 Å². The van der Waals surface area contributed by atoms with Gasteiger partial charge in [-0.25, -0.2) is 0 Å². The summed E-state index contributed by atoms with van der Waals surface area (Å²) in [4.78, 5) is 0. The molecular formula is C33H29O4P. The highest BCUT2D eigenvalue weighted by Crippen LogP contribution is 2.47. The maximum atomic E-state index is 12.4. The van der Waals surface area contributed by atoms with Gasteiger partial charge in [0.1, 0.15) is 22.8 Å². The molecule has 190 valence electrons. The first kappa shape index (κ1) is 25.5. The Balaban J connectivity index is 1.57. The lowest BCUT2D eigenvalue weighted by atomic mass is 9.80. The fourth-order valence-electron chi connectivity index (χ4n) is 4.33. The van der Waals surface area contributed by atoms with Crippen molar-refractivity contribution in [2.45, 2.75) is 19.4 Å². The van der Waals surface area contributed by atoms with Crippen molar-refractivity contribution in [3.8, 4) is 17.2 Å². The van der Waals surface area contributed by atoms with Gasteiger partial charge in [-0.05, 0) is 66.4 Å². The van der Waals surface area contributed by atoms with Crippen LogP contribution >= 0.6 is 8.60 Å². The summed E-state index contributed by atoms with van der Waals surface area (Å²) in [5.74, 6) is 1.75. The van der Waals surface area contributed by atoms with Crippen molar-refractivity contribution in [3.05, 3.63) is 161 Å². The molecule has 0 fully saturated rings. The number of aliphatic hydroxyl groups is 1. The van der Waals surface area contributed by atoms with Crippen LogP contribution in [0.3, 0.4) is 0 Å². The van der Waals surface area contributed by atoms with Crippen LogP contribution in [0.5, 0.6) is 17.2 Å². The van der Waals surface area contributed by atoms with Gasteiger partial charge < -0.3 is 18.7 Å². The summed E-state index contributed by atoms with van der Waals surface area (Å²) in [7, 11) is -1.93.